The number of fused-ring (bicyclic) bond motifs is 13. The lowest BCUT2D eigenvalue weighted by Crippen LogP contribution is -1.91. The van der Waals surface area contributed by atoms with Gasteiger partial charge in [0.2, 0.25) is 0 Å². The summed E-state index contributed by atoms with van der Waals surface area (Å²) < 4.78 is 0. The Labute approximate surface area is 505 Å². The maximum atomic E-state index is 5.21. The Morgan fingerprint density at radius 3 is 1.28 bits per heavy atom. The van der Waals surface area contributed by atoms with Crippen LogP contribution in [0.1, 0.15) is 0 Å². The van der Waals surface area contributed by atoms with E-state index >= 15 is 0 Å². The summed E-state index contributed by atoms with van der Waals surface area (Å²) in [7, 11) is 0. The van der Waals surface area contributed by atoms with Crippen LogP contribution in [0, 0.1) is 0 Å². The second-order valence-corrected chi connectivity index (χ2v) is 22.4. The molecule has 0 atom stereocenters. The molecule has 0 aliphatic carbocycles. The van der Waals surface area contributed by atoms with E-state index in [1.54, 1.807) is 0 Å². The van der Waals surface area contributed by atoms with Gasteiger partial charge in [-0.25, -0.2) is 24.9 Å². The fourth-order valence-corrected chi connectivity index (χ4v) is 12.7. The summed E-state index contributed by atoms with van der Waals surface area (Å²) in [6.07, 6.45) is 3.68. The zero-order valence-electron chi connectivity index (χ0n) is 47.4. The number of benzene rings is 11. The first kappa shape index (κ1) is 50.6. The molecule has 0 amide bonds. The second kappa shape index (κ2) is 21.0. The third-order valence-electron chi connectivity index (χ3n) is 17.1. The molecule has 7 nitrogen and oxygen atoms in total. The van der Waals surface area contributed by atoms with Crippen LogP contribution >= 0.6 is 0 Å². The van der Waals surface area contributed by atoms with Crippen LogP contribution in [0.5, 0.6) is 0 Å². The second-order valence-electron chi connectivity index (χ2n) is 22.4. The van der Waals surface area contributed by atoms with Gasteiger partial charge in [-0.15, -0.1) is 0 Å². The molecular formula is C81H49N7. The first-order chi connectivity index (χ1) is 43.5. The van der Waals surface area contributed by atoms with Crippen LogP contribution < -0.4 is 0 Å². The minimum atomic E-state index is 0.837. The highest BCUT2D eigenvalue weighted by Crippen LogP contribution is 2.38. The van der Waals surface area contributed by atoms with Gasteiger partial charge in [0.1, 0.15) is 0 Å². The number of pyridine rings is 7. The summed E-state index contributed by atoms with van der Waals surface area (Å²) in [5.74, 6) is 0. The molecule has 0 fully saturated rings. The molecule has 7 aromatic heterocycles. The van der Waals surface area contributed by atoms with E-state index in [9.17, 15) is 0 Å². The predicted octanol–water partition coefficient (Wildman–Crippen LogP) is 20.7. The summed E-state index contributed by atoms with van der Waals surface area (Å²) in [4.78, 5) is 34.6. The first-order valence-corrected chi connectivity index (χ1v) is 29.6. The third kappa shape index (κ3) is 9.05. The highest BCUT2D eigenvalue weighted by atomic mass is 14.8. The van der Waals surface area contributed by atoms with Gasteiger partial charge in [0.05, 0.1) is 67.1 Å². The standard InChI is InChI=1S/C45H27N3.C36H22N4/c1-2-10-34-31(8-1)25-39(36-12-4-3-11-35(34)36)42-22-19-32-24-29(18-20-41(32)47-42)30-16-15-28-17-21-43(48-44(28)27-30)40-26-33-9-7-23-46-45(33)38-14-6-5-13-37(38)40;1-2-5-23(6-3-1)30-17-15-29-21-27(14-16-31(29)38-30)28-11-8-24-12-18-32(39-34(24)22-28)33-19-13-26-10-9-25-7-4-20-37-35(25)36(26)40-33/h1-27H;1-22H. The van der Waals surface area contributed by atoms with Gasteiger partial charge in [-0.1, -0.05) is 194 Å². The highest BCUT2D eigenvalue weighted by Gasteiger charge is 2.15. The van der Waals surface area contributed by atoms with Crippen LogP contribution in [-0.4, -0.2) is 34.9 Å². The maximum Gasteiger partial charge on any atom is 0.0972 e. The van der Waals surface area contributed by atoms with Crippen molar-refractivity contribution >= 4 is 109 Å². The summed E-state index contributed by atoms with van der Waals surface area (Å²) in [5.41, 5.74) is 19.2. The zero-order valence-corrected chi connectivity index (χ0v) is 47.4. The summed E-state index contributed by atoms with van der Waals surface area (Å²) in [5, 5.41) is 15.0. The summed E-state index contributed by atoms with van der Waals surface area (Å²) in [6, 6.07) is 99.9. The van der Waals surface area contributed by atoms with Crippen molar-refractivity contribution in [2.45, 2.75) is 0 Å². The smallest absolute Gasteiger partial charge is 0.0972 e. The molecular weight excluding hydrogens is 1070 g/mol. The monoisotopic (exact) mass is 1120 g/mol. The molecule has 11 aromatic carbocycles. The Hall–Kier alpha value is -11.9. The molecule has 0 saturated carbocycles. The van der Waals surface area contributed by atoms with E-state index in [0.717, 1.165) is 155 Å². The van der Waals surface area contributed by atoms with E-state index in [-0.39, 0.29) is 0 Å². The van der Waals surface area contributed by atoms with Gasteiger partial charge in [0.25, 0.3) is 0 Å². The van der Waals surface area contributed by atoms with Gasteiger partial charge in [0.15, 0.2) is 0 Å². The van der Waals surface area contributed by atoms with Gasteiger partial charge in [-0.3, -0.25) is 9.97 Å². The van der Waals surface area contributed by atoms with Crippen LogP contribution in [0.2, 0.25) is 0 Å². The van der Waals surface area contributed by atoms with Crippen LogP contribution in [0.3, 0.4) is 0 Å². The van der Waals surface area contributed by atoms with Crippen molar-refractivity contribution in [2.75, 3.05) is 0 Å². The van der Waals surface area contributed by atoms with Gasteiger partial charge in [-0.05, 0) is 140 Å². The molecule has 0 saturated heterocycles. The minimum absolute atomic E-state index is 0.837. The van der Waals surface area contributed by atoms with E-state index in [2.05, 4.69) is 253 Å². The fraction of sp³-hybridized carbons (Fsp3) is 0. The van der Waals surface area contributed by atoms with Crippen molar-refractivity contribution in [1.29, 1.82) is 0 Å². The van der Waals surface area contributed by atoms with Gasteiger partial charge in [0, 0.05) is 72.2 Å². The normalized spacial score (nSPS) is 11.6. The van der Waals surface area contributed by atoms with Crippen molar-refractivity contribution in [1.82, 2.24) is 34.9 Å². The molecule has 0 bridgehead atoms. The van der Waals surface area contributed by atoms with Gasteiger partial charge in [-0.2, -0.15) is 0 Å². The highest BCUT2D eigenvalue weighted by molar-refractivity contribution is 6.14. The van der Waals surface area contributed by atoms with E-state index in [0.29, 0.717) is 0 Å². The molecule has 0 aliphatic heterocycles. The Balaban J connectivity index is 0.000000139. The van der Waals surface area contributed by atoms with E-state index < -0.39 is 0 Å². The molecule has 0 N–H and O–H groups in total. The average molecular weight is 1120 g/mol. The van der Waals surface area contributed by atoms with Crippen LogP contribution in [0.25, 0.3) is 176 Å². The Morgan fingerprint density at radius 1 is 0.182 bits per heavy atom. The molecule has 7 heterocycles. The summed E-state index contributed by atoms with van der Waals surface area (Å²) in [6.45, 7) is 0. The van der Waals surface area contributed by atoms with Gasteiger partial charge >= 0.3 is 0 Å². The van der Waals surface area contributed by atoms with Crippen molar-refractivity contribution < 1.29 is 0 Å². The Morgan fingerprint density at radius 2 is 0.602 bits per heavy atom. The van der Waals surface area contributed by atoms with Crippen LogP contribution in [0.15, 0.2) is 298 Å². The Kier molecular flexibility index (Phi) is 12.1. The molecule has 88 heavy (non-hydrogen) atoms. The maximum absolute atomic E-state index is 5.21. The summed E-state index contributed by atoms with van der Waals surface area (Å²) >= 11 is 0. The Bertz CT molecular complexity index is 5840. The topological polar surface area (TPSA) is 90.2 Å². The van der Waals surface area contributed by atoms with Gasteiger partial charge < -0.3 is 0 Å². The molecule has 0 radical (unpaired) electrons. The molecule has 0 aliphatic rings. The van der Waals surface area contributed by atoms with E-state index in [1.165, 1.54) is 21.5 Å². The molecule has 7 heteroatoms. The van der Waals surface area contributed by atoms with E-state index in [1.807, 2.05) is 54.9 Å². The lowest BCUT2D eigenvalue weighted by atomic mass is 9.95. The largest absolute Gasteiger partial charge is 0.256 e. The number of aromatic nitrogens is 7. The SMILES string of the molecule is c1ccc(-c2ccc3cc(-c4ccc5ccc(-c6ccc7ccc8cccnc8c7n6)nc5c4)ccc3n2)cc1.c1ccc2c(c1)cc(-c1ccc3cc(-c4ccc5ccc(-c6cc7cccnc7c7ccccc67)nc5c4)ccc3n1)c1ccccc12. The zero-order chi connectivity index (χ0) is 58.1. The number of hydrogen-bond donors (Lipinski definition) is 0. The van der Waals surface area contributed by atoms with Crippen molar-refractivity contribution in [2.24, 2.45) is 0 Å². The van der Waals surface area contributed by atoms with Crippen molar-refractivity contribution in [3.63, 3.8) is 0 Å². The molecule has 18 rings (SSSR count). The molecule has 408 valence electrons. The van der Waals surface area contributed by atoms with Crippen LogP contribution in [0.4, 0.5) is 0 Å². The number of hydrogen-bond acceptors (Lipinski definition) is 7. The minimum Gasteiger partial charge on any atom is -0.256 e. The quantitative estimate of drug-likeness (QED) is 0.153. The molecule has 18 aromatic rings. The lowest BCUT2D eigenvalue weighted by Gasteiger charge is -2.12. The fourth-order valence-electron chi connectivity index (χ4n) is 12.7. The van der Waals surface area contributed by atoms with Crippen molar-refractivity contribution in [3.05, 3.63) is 298 Å². The number of nitrogens with zero attached hydrogens (tertiary/aromatic N) is 7. The number of rotatable bonds is 6. The first-order valence-electron chi connectivity index (χ1n) is 29.6. The lowest BCUT2D eigenvalue weighted by molar-refractivity contribution is 1.31. The molecule has 0 spiro atoms. The predicted molar refractivity (Wildman–Crippen MR) is 365 cm³/mol. The average Bonchev–Trinajstić information content (AvgIpc) is 3.76. The van der Waals surface area contributed by atoms with E-state index in [4.69, 9.17) is 24.9 Å². The third-order valence-corrected chi connectivity index (χ3v) is 17.1. The van der Waals surface area contributed by atoms with Crippen molar-refractivity contribution in [3.8, 4) is 67.4 Å². The molecule has 0 unspecified atom stereocenters. The van der Waals surface area contributed by atoms with Crippen LogP contribution in [-0.2, 0) is 0 Å².